The first-order valence-corrected chi connectivity index (χ1v) is 13.8. The van der Waals surface area contributed by atoms with Crippen molar-refractivity contribution in [1.29, 1.82) is 0 Å². The molecule has 39 heavy (non-hydrogen) atoms. The maximum absolute atomic E-state index is 12.5. The monoisotopic (exact) mass is 552 g/mol. The fraction of sp³-hybridized carbons (Fsp3) is 0.786. The van der Waals surface area contributed by atoms with Crippen LogP contribution in [0, 0.1) is 16.7 Å². The normalized spacial score (nSPS) is 15.8. The van der Waals surface area contributed by atoms with E-state index in [1.54, 1.807) is 0 Å². The van der Waals surface area contributed by atoms with Crippen LogP contribution in [0.15, 0.2) is 0 Å². The Bertz CT molecular complexity index is 874. The lowest BCUT2D eigenvalue weighted by Crippen LogP contribution is -2.37. The number of ether oxygens (including phenoxy) is 1. The Morgan fingerprint density at radius 3 is 1.90 bits per heavy atom. The van der Waals surface area contributed by atoms with Crippen molar-refractivity contribution in [3.63, 3.8) is 0 Å². The van der Waals surface area contributed by atoms with Gasteiger partial charge in [0.1, 0.15) is 5.78 Å². The SMILES string of the molecule is CC(C)(C)CC(=O)NCCCC(=O)CCC(=O)NCCOCCNC(=O)CCN1C(=O)CC(C(C)(C)C)C1=O. The van der Waals surface area contributed by atoms with Gasteiger partial charge in [-0.2, -0.15) is 0 Å². The van der Waals surface area contributed by atoms with Crippen LogP contribution in [0.5, 0.6) is 0 Å². The number of carbonyl (C=O) groups is 6. The molecule has 11 heteroatoms. The van der Waals surface area contributed by atoms with Gasteiger partial charge in [-0.3, -0.25) is 33.7 Å². The molecule has 0 spiro atoms. The number of ketones is 1. The van der Waals surface area contributed by atoms with Crippen LogP contribution in [-0.4, -0.2) is 79.6 Å². The van der Waals surface area contributed by atoms with Gasteiger partial charge in [0.15, 0.2) is 0 Å². The van der Waals surface area contributed by atoms with E-state index < -0.39 is 0 Å². The molecule has 0 radical (unpaired) electrons. The van der Waals surface area contributed by atoms with Crippen LogP contribution in [0.4, 0.5) is 0 Å². The smallest absolute Gasteiger partial charge is 0.233 e. The van der Waals surface area contributed by atoms with E-state index in [2.05, 4.69) is 16.0 Å². The van der Waals surface area contributed by atoms with E-state index >= 15 is 0 Å². The second kappa shape index (κ2) is 16.3. The molecule has 1 aliphatic rings. The molecule has 1 rings (SSSR count). The molecule has 1 saturated heterocycles. The summed E-state index contributed by atoms with van der Waals surface area (Å²) in [5.41, 5.74) is -0.379. The van der Waals surface area contributed by atoms with Crippen LogP contribution >= 0.6 is 0 Å². The third kappa shape index (κ3) is 14.8. The number of rotatable bonds is 17. The van der Waals surface area contributed by atoms with Gasteiger partial charge < -0.3 is 20.7 Å². The van der Waals surface area contributed by atoms with Gasteiger partial charge in [0, 0.05) is 64.7 Å². The highest BCUT2D eigenvalue weighted by Gasteiger charge is 2.44. The largest absolute Gasteiger partial charge is 0.378 e. The van der Waals surface area contributed by atoms with Crippen LogP contribution in [0.3, 0.4) is 0 Å². The zero-order chi connectivity index (χ0) is 29.6. The predicted octanol–water partition coefficient (Wildman–Crippen LogP) is 1.73. The molecule has 3 N–H and O–H groups in total. The van der Waals surface area contributed by atoms with Crippen LogP contribution in [-0.2, 0) is 33.5 Å². The zero-order valence-corrected chi connectivity index (χ0v) is 24.6. The molecule has 1 heterocycles. The van der Waals surface area contributed by atoms with Gasteiger partial charge in [0.05, 0.1) is 19.1 Å². The number of hydrogen-bond donors (Lipinski definition) is 3. The summed E-state index contributed by atoms with van der Waals surface area (Å²) in [5.74, 6) is -1.36. The highest BCUT2D eigenvalue weighted by molar-refractivity contribution is 6.04. The molecule has 0 aromatic rings. The van der Waals surface area contributed by atoms with Crippen LogP contribution in [0.25, 0.3) is 0 Å². The molecule has 0 aromatic heterocycles. The maximum Gasteiger partial charge on any atom is 0.233 e. The number of nitrogens with zero attached hydrogens (tertiary/aromatic N) is 1. The summed E-state index contributed by atoms with van der Waals surface area (Å²) in [6.45, 7) is 13.3. The number of Topliss-reactive ketones (excluding diaryl/α,β-unsaturated/α-hetero) is 1. The number of hydrogen-bond acceptors (Lipinski definition) is 7. The van der Waals surface area contributed by atoms with Crippen molar-refractivity contribution in [2.75, 3.05) is 39.4 Å². The van der Waals surface area contributed by atoms with Crippen molar-refractivity contribution < 1.29 is 33.5 Å². The lowest BCUT2D eigenvalue weighted by atomic mass is 9.80. The molecule has 11 nitrogen and oxygen atoms in total. The van der Waals surface area contributed by atoms with Crippen molar-refractivity contribution in [2.45, 2.75) is 86.5 Å². The first kappa shape index (κ1) is 34.2. The van der Waals surface area contributed by atoms with Crippen molar-refractivity contribution >= 4 is 35.3 Å². The van der Waals surface area contributed by atoms with E-state index in [1.807, 2.05) is 41.5 Å². The average Bonchev–Trinajstić information content (AvgIpc) is 3.10. The molecule has 0 aliphatic carbocycles. The Labute approximate surface area is 232 Å². The van der Waals surface area contributed by atoms with Gasteiger partial charge in [0.25, 0.3) is 0 Å². The van der Waals surface area contributed by atoms with E-state index in [4.69, 9.17) is 4.74 Å². The topological polar surface area (TPSA) is 151 Å². The molecule has 0 saturated carbocycles. The molecule has 1 atom stereocenters. The Hall–Kier alpha value is -2.82. The summed E-state index contributed by atoms with van der Waals surface area (Å²) in [4.78, 5) is 73.4. The Morgan fingerprint density at radius 1 is 0.795 bits per heavy atom. The minimum absolute atomic E-state index is 0.0188. The Balaban J connectivity index is 2.03. The summed E-state index contributed by atoms with van der Waals surface area (Å²) in [6, 6.07) is 0. The van der Waals surface area contributed by atoms with Crippen molar-refractivity contribution in [3.05, 3.63) is 0 Å². The van der Waals surface area contributed by atoms with E-state index in [-0.39, 0.29) is 111 Å². The quantitative estimate of drug-likeness (QED) is 0.184. The molecule has 222 valence electrons. The molecule has 0 aromatic carbocycles. The van der Waals surface area contributed by atoms with Gasteiger partial charge >= 0.3 is 0 Å². The fourth-order valence-electron chi connectivity index (χ4n) is 4.05. The summed E-state index contributed by atoms with van der Waals surface area (Å²) < 4.78 is 5.39. The molecule has 1 unspecified atom stereocenters. The van der Waals surface area contributed by atoms with Gasteiger partial charge in [-0.15, -0.1) is 0 Å². The molecular weight excluding hydrogens is 504 g/mol. The maximum atomic E-state index is 12.5. The number of nitrogens with one attached hydrogen (secondary N) is 3. The highest BCUT2D eigenvalue weighted by atomic mass is 16.5. The predicted molar refractivity (Wildman–Crippen MR) is 146 cm³/mol. The molecule has 0 bridgehead atoms. The number of likely N-dealkylation sites (tertiary alicyclic amines) is 1. The van der Waals surface area contributed by atoms with Crippen molar-refractivity contribution in [2.24, 2.45) is 16.7 Å². The van der Waals surface area contributed by atoms with Gasteiger partial charge in [-0.1, -0.05) is 41.5 Å². The first-order chi connectivity index (χ1) is 18.1. The lowest BCUT2D eigenvalue weighted by Gasteiger charge is -2.24. The lowest BCUT2D eigenvalue weighted by molar-refractivity contribution is -0.140. The van der Waals surface area contributed by atoms with Gasteiger partial charge in [0.2, 0.25) is 29.5 Å². The minimum Gasteiger partial charge on any atom is -0.378 e. The highest BCUT2D eigenvalue weighted by Crippen LogP contribution is 2.35. The number of amides is 5. The summed E-state index contributed by atoms with van der Waals surface area (Å²) >= 11 is 0. The first-order valence-electron chi connectivity index (χ1n) is 13.8. The minimum atomic E-state index is -0.355. The molecular formula is C28H48N4O7. The molecule has 1 aliphatic heterocycles. The van der Waals surface area contributed by atoms with Gasteiger partial charge in [-0.25, -0.2) is 0 Å². The second-order valence-corrected chi connectivity index (χ2v) is 12.3. The summed E-state index contributed by atoms with van der Waals surface area (Å²) in [6.07, 6.45) is 1.78. The van der Waals surface area contributed by atoms with E-state index in [0.29, 0.717) is 25.8 Å². The Kier molecular flexibility index (Phi) is 14.3. The molecule has 5 amide bonds. The second-order valence-electron chi connectivity index (χ2n) is 12.3. The summed E-state index contributed by atoms with van der Waals surface area (Å²) in [5, 5.41) is 8.18. The third-order valence-corrected chi connectivity index (χ3v) is 6.27. The van der Waals surface area contributed by atoms with E-state index in [9.17, 15) is 28.8 Å². The van der Waals surface area contributed by atoms with Crippen LogP contribution < -0.4 is 16.0 Å². The van der Waals surface area contributed by atoms with Gasteiger partial charge in [-0.05, 0) is 17.3 Å². The number of carbonyl (C=O) groups excluding carboxylic acids is 6. The fourth-order valence-corrected chi connectivity index (χ4v) is 4.05. The standard InChI is InChI=1S/C28H48N4O7/c1-27(2,3)19-24(36)29-12-7-8-20(33)9-10-22(34)30-13-16-39-17-14-31-23(35)11-15-32-25(37)18-21(26(32)38)28(4,5)6/h21H,7-19H2,1-6H3,(H,29,36)(H,30,34)(H,31,35). The van der Waals surface area contributed by atoms with Crippen LogP contribution in [0.2, 0.25) is 0 Å². The zero-order valence-electron chi connectivity index (χ0n) is 24.6. The van der Waals surface area contributed by atoms with Crippen molar-refractivity contribution in [1.82, 2.24) is 20.9 Å². The van der Waals surface area contributed by atoms with E-state index in [0.717, 1.165) is 0 Å². The van der Waals surface area contributed by atoms with E-state index in [1.165, 1.54) is 4.90 Å². The average molecular weight is 553 g/mol. The summed E-state index contributed by atoms with van der Waals surface area (Å²) in [7, 11) is 0. The van der Waals surface area contributed by atoms with Crippen LogP contribution in [0.1, 0.15) is 86.5 Å². The molecule has 1 fully saturated rings. The van der Waals surface area contributed by atoms with Crippen molar-refractivity contribution in [3.8, 4) is 0 Å². The number of imide groups is 1. The Morgan fingerprint density at radius 2 is 1.36 bits per heavy atom. The third-order valence-electron chi connectivity index (χ3n) is 6.27.